The van der Waals surface area contributed by atoms with Gasteiger partial charge in [0, 0.05) is 6.04 Å². The Balaban J connectivity index is 2.35. The molecule has 1 unspecified atom stereocenters. The van der Waals surface area contributed by atoms with Gasteiger partial charge in [0.1, 0.15) is 10.6 Å². The van der Waals surface area contributed by atoms with Gasteiger partial charge >= 0.3 is 6.18 Å². The van der Waals surface area contributed by atoms with Crippen LogP contribution in [0.1, 0.15) is 24.1 Å². The van der Waals surface area contributed by atoms with Crippen LogP contribution in [0, 0.1) is 0 Å². The molecule has 9 heteroatoms. The number of benzene rings is 2. The SMILES string of the molecule is COc1cccc(C(C)NS(=O)(=O)c2cc(C(F)(F)F)ccc2Cl)c1. The zero-order chi connectivity index (χ0) is 18.8. The van der Waals surface area contributed by atoms with Gasteiger partial charge in [0.05, 0.1) is 17.7 Å². The highest BCUT2D eigenvalue weighted by atomic mass is 35.5. The molecule has 136 valence electrons. The van der Waals surface area contributed by atoms with Crippen LogP contribution in [0.15, 0.2) is 47.4 Å². The highest BCUT2D eigenvalue weighted by Crippen LogP contribution is 2.33. The van der Waals surface area contributed by atoms with Crippen molar-refractivity contribution in [2.75, 3.05) is 7.11 Å². The largest absolute Gasteiger partial charge is 0.497 e. The van der Waals surface area contributed by atoms with E-state index in [0.717, 1.165) is 12.1 Å². The number of sulfonamides is 1. The summed E-state index contributed by atoms with van der Waals surface area (Å²) in [6.45, 7) is 1.56. The summed E-state index contributed by atoms with van der Waals surface area (Å²) in [4.78, 5) is -0.626. The molecule has 0 heterocycles. The first-order valence-corrected chi connectivity index (χ1v) is 8.94. The van der Waals surface area contributed by atoms with Crippen molar-refractivity contribution in [3.05, 3.63) is 58.6 Å². The lowest BCUT2D eigenvalue weighted by Gasteiger charge is -2.17. The lowest BCUT2D eigenvalue weighted by molar-refractivity contribution is -0.137. The van der Waals surface area contributed by atoms with Gasteiger partial charge in [-0.25, -0.2) is 13.1 Å². The fraction of sp³-hybridized carbons (Fsp3) is 0.250. The molecule has 0 aliphatic rings. The van der Waals surface area contributed by atoms with E-state index in [1.807, 2.05) is 0 Å². The van der Waals surface area contributed by atoms with E-state index in [1.165, 1.54) is 7.11 Å². The molecule has 4 nitrogen and oxygen atoms in total. The molecule has 0 spiro atoms. The molecule has 2 rings (SSSR count). The zero-order valence-electron chi connectivity index (χ0n) is 13.3. The third-order valence-corrected chi connectivity index (χ3v) is 5.50. The molecule has 2 aromatic carbocycles. The molecule has 25 heavy (non-hydrogen) atoms. The van der Waals surface area contributed by atoms with Gasteiger partial charge in [-0.05, 0) is 42.8 Å². The topological polar surface area (TPSA) is 55.4 Å². The minimum Gasteiger partial charge on any atom is -0.497 e. The van der Waals surface area contributed by atoms with E-state index in [0.29, 0.717) is 17.4 Å². The van der Waals surface area contributed by atoms with Gasteiger partial charge < -0.3 is 4.74 Å². The normalized spacial score (nSPS) is 13.5. The Bertz CT molecular complexity index is 869. The first-order chi connectivity index (χ1) is 11.5. The van der Waals surface area contributed by atoms with Gasteiger partial charge in [0.15, 0.2) is 0 Å². The maximum atomic E-state index is 12.8. The van der Waals surface area contributed by atoms with Gasteiger partial charge in [0.25, 0.3) is 0 Å². The van der Waals surface area contributed by atoms with Crippen molar-refractivity contribution >= 4 is 21.6 Å². The van der Waals surface area contributed by atoms with Crippen molar-refractivity contribution in [1.29, 1.82) is 0 Å². The third-order valence-electron chi connectivity index (χ3n) is 3.47. The van der Waals surface area contributed by atoms with Gasteiger partial charge in [-0.1, -0.05) is 23.7 Å². The van der Waals surface area contributed by atoms with Gasteiger partial charge in [-0.2, -0.15) is 13.2 Å². The minimum atomic E-state index is -4.67. The predicted octanol–water partition coefficient (Wildman–Crippen LogP) is 4.41. The van der Waals surface area contributed by atoms with Crippen LogP contribution in [0.25, 0.3) is 0 Å². The minimum absolute atomic E-state index is 0.293. The first kappa shape index (κ1) is 19.6. The Morgan fingerprint density at radius 3 is 2.44 bits per heavy atom. The average molecular weight is 394 g/mol. The summed E-state index contributed by atoms with van der Waals surface area (Å²) in [5, 5.41) is -0.293. The molecule has 0 radical (unpaired) electrons. The number of rotatable bonds is 5. The number of methoxy groups -OCH3 is 1. The van der Waals surface area contributed by atoms with E-state index < -0.39 is 32.7 Å². The molecular formula is C16H15ClF3NO3S. The molecule has 0 aliphatic heterocycles. The van der Waals surface area contributed by atoms with Crippen molar-refractivity contribution in [3.63, 3.8) is 0 Å². The molecular weight excluding hydrogens is 379 g/mol. The standard InChI is InChI=1S/C16H15ClF3NO3S/c1-10(11-4-3-5-13(8-11)24-2)21-25(22,23)15-9-12(16(18,19)20)6-7-14(15)17/h3-10,21H,1-2H3. The van der Waals surface area contributed by atoms with Crippen LogP contribution in [0.3, 0.4) is 0 Å². The second-order valence-corrected chi connectivity index (χ2v) is 7.35. The smallest absolute Gasteiger partial charge is 0.416 e. The molecule has 0 saturated carbocycles. The molecule has 0 aliphatic carbocycles. The Morgan fingerprint density at radius 2 is 1.84 bits per heavy atom. The summed E-state index contributed by atoms with van der Waals surface area (Å²) in [6.07, 6.45) is -4.67. The second-order valence-electron chi connectivity index (χ2n) is 5.26. The van der Waals surface area contributed by atoms with Crippen LogP contribution in [-0.2, 0) is 16.2 Å². The zero-order valence-corrected chi connectivity index (χ0v) is 14.8. The summed E-state index contributed by atoms with van der Waals surface area (Å²) >= 11 is 5.80. The lowest BCUT2D eigenvalue weighted by Crippen LogP contribution is -2.27. The predicted molar refractivity (Wildman–Crippen MR) is 88.2 cm³/mol. The fourth-order valence-electron chi connectivity index (χ4n) is 2.16. The highest BCUT2D eigenvalue weighted by molar-refractivity contribution is 7.89. The third kappa shape index (κ3) is 4.65. The summed E-state index contributed by atoms with van der Waals surface area (Å²) in [7, 11) is -2.79. The van der Waals surface area contributed by atoms with Gasteiger partial charge in [-0.3, -0.25) is 0 Å². The summed E-state index contributed by atoms with van der Waals surface area (Å²) in [5.74, 6) is 0.528. The summed E-state index contributed by atoms with van der Waals surface area (Å²) in [5.41, 5.74) is -0.502. The average Bonchev–Trinajstić information content (AvgIpc) is 2.53. The number of nitrogens with one attached hydrogen (secondary N) is 1. The Hall–Kier alpha value is -1.77. The van der Waals surface area contributed by atoms with Crippen molar-refractivity contribution < 1.29 is 26.3 Å². The number of hydrogen-bond donors (Lipinski definition) is 1. The van der Waals surface area contributed by atoms with Gasteiger partial charge in [0.2, 0.25) is 10.0 Å². The molecule has 1 N–H and O–H groups in total. The number of halogens is 4. The van der Waals surface area contributed by atoms with Crippen LogP contribution in [-0.4, -0.2) is 15.5 Å². The maximum Gasteiger partial charge on any atom is 0.416 e. The van der Waals surface area contributed by atoms with Crippen molar-refractivity contribution in [2.45, 2.75) is 24.0 Å². The maximum absolute atomic E-state index is 12.8. The first-order valence-electron chi connectivity index (χ1n) is 7.07. The Labute approximate surface area is 148 Å². The molecule has 0 bridgehead atoms. The monoisotopic (exact) mass is 393 g/mol. The van der Waals surface area contributed by atoms with Crippen LogP contribution >= 0.6 is 11.6 Å². The molecule has 2 aromatic rings. The Morgan fingerprint density at radius 1 is 1.16 bits per heavy atom. The molecule has 1 atom stereocenters. The molecule has 0 fully saturated rings. The van der Waals surface area contributed by atoms with Crippen molar-refractivity contribution in [1.82, 2.24) is 4.72 Å². The molecule has 0 aromatic heterocycles. The van der Waals surface area contributed by atoms with Crippen molar-refractivity contribution in [3.8, 4) is 5.75 Å². The second kappa shape index (κ2) is 7.23. The van der Waals surface area contributed by atoms with Crippen LogP contribution < -0.4 is 9.46 Å². The number of ether oxygens (including phenoxy) is 1. The van der Waals surface area contributed by atoms with E-state index in [-0.39, 0.29) is 5.02 Å². The van der Waals surface area contributed by atoms with E-state index in [4.69, 9.17) is 16.3 Å². The molecule has 0 amide bonds. The van der Waals surface area contributed by atoms with Crippen molar-refractivity contribution in [2.24, 2.45) is 0 Å². The summed E-state index contributed by atoms with van der Waals surface area (Å²) < 4.78 is 70.8. The number of hydrogen-bond acceptors (Lipinski definition) is 3. The van der Waals surface area contributed by atoms with E-state index in [2.05, 4.69) is 4.72 Å². The van der Waals surface area contributed by atoms with Crippen LogP contribution in [0.4, 0.5) is 13.2 Å². The fourth-order valence-corrected chi connectivity index (χ4v) is 3.92. The quantitative estimate of drug-likeness (QED) is 0.818. The van der Waals surface area contributed by atoms with E-state index in [9.17, 15) is 21.6 Å². The summed E-state index contributed by atoms with van der Waals surface area (Å²) in [6, 6.07) is 8.12. The van der Waals surface area contributed by atoms with Crippen LogP contribution in [0.5, 0.6) is 5.75 Å². The Kier molecular flexibility index (Phi) is 5.65. The van der Waals surface area contributed by atoms with E-state index >= 15 is 0 Å². The van der Waals surface area contributed by atoms with Crippen LogP contribution in [0.2, 0.25) is 5.02 Å². The molecule has 0 saturated heterocycles. The van der Waals surface area contributed by atoms with E-state index in [1.54, 1.807) is 31.2 Å². The van der Waals surface area contributed by atoms with Gasteiger partial charge in [-0.15, -0.1) is 0 Å². The lowest BCUT2D eigenvalue weighted by atomic mass is 10.1. The number of alkyl halides is 3. The highest BCUT2D eigenvalue weighted by Gasteiger charge is 2.33.